The van der Waals surface area contributed by atoms with E-state index in [0.29, 0.717) is 23.5 Å². The summed E-state index contributed by atoms with van der Waals surface area (Å²) in [6.07, 6.45) is 14.8. The third-order valence-corrected chi connectivity index (χ3v) is 11.7. The van der Waals surface area contributed by atoms with Gasteiger partial charge in [-0.25, -0.2) is 9.78 Å². The van der Waals surface area contributed by atoms with Crippen LogP contribution in [0.25, 0.3) is 0 Å². The first-order valence-electron chi connectivity index (χ1n) is 16.4. The van der Waals surface area contributed by atoms with Gasteiger partial charge in [0.1, 0.15) is 34.1 Å². The average Bonchev–Trinajstić information content (AvgIpc) is 3.78. The van der Waals surface area contributed by atoms with E-state index in [1.165, 1.54) is 92.0 Å². The third kappa shape index (κ3) is 11.4. The van der Waals surface area contributed by atoms with E-state index in [0.717, 1.165) is 34.8 Å². The maximum absolute atomic E-state index is 13.5. The molecule has 2 atom stereocenters. The van der Waals surface area contributed by atoms with Crippen LogP contribution in [-0.4, -0.2) is 85.8 Å². The Morgan fingerprint density at radius 2 is 1.80 bits per heavy atom. The SMILES string of the molecule is CCCCCCCCCCCCCC(=O)OCOC(=O)C1=C(CSc2cnns2)CS[C@H]2[C@H](NC(=O)/C(=N\OC)c3csc(N)n3)C(=O)N12. The second-order valence-electron chi connectivity index (χ2n) is 11.4. The number of fused-ring (bicyclic) bond motifs is 1. The number of nitrogens with one attached hydrogen (secondary N) is 1. The van der Waals surface area contributed by atoms with Crippen molar-refractivity contribution in [3.63, 3.8) is 0 Å². The number of thiazole rings is 1. The number of nitrogens with two attached hydrogens (primary N) is 1. The summed E-state index contributed by atoms with van der Waals surface area (Å²) in [6, 6.07) is -0.943. The van der Waals surface area contributed by atoms with Crippen LogP contribution in [0.4, 0.5) is 5.13 Å². The molecule has 0 aliphatic carbocycles. The molecule has 0 unspecified atom stereocenters. The molecule has 0 bridgehead atoms. The summed E-state index contributed by atoms with van der Waals surface area (Å²) in [5.74, 6) is -1.64. The van der Waals surface area contributed by atoms with Gasteiger partial charge in [0.25, 0.3) is 11.8 Å². The highest BCUT2D eigenvalue weighted by molar-refractivity contribution is 8.01. The predicted octanol–water partition coefficient (Wildman–Crippen LogP) is 5.12. The van der Waals surface area contributed by atoms with Gasteiger partial charge in [0.15, 0.2) is 10.8 Å². The quantitative estimate of drug-likeness (QED) is 0.0307. The molecule has 0 radical (unpaired) electrons. The topological polar surface area (TPSA) is 188 Å². The number of ether oxygens (including phenoxy) is 2. The molecule has 2 amide bonds. The first-order valence-corrected chi connectivity index (χ1v) is 20.1. The summed E-state index contributed by atoms with van der Waals surface area (Å²) in [5, 5.41) is 11.5. The number of hydrogen-bond donors (Lipinski definition) is 2. The van der Waals surface area contributed by atoms with Crippen molar-refractivity contribution in [2.75, 3.05) is 31.1 Å². The molecule has 3 N–H and O–H groups in total. The van der Waals surface area contributed by atoms with E-state index in [-0.39, 0.29) is 28.7 Å². The van der Waals surface area contributed by atoms with E-state index in [4.69, 9.17) is 20.0 Å². The molecule has 0 aromatic carbocycles. The Hall–Kier alpha value is -3.22. The number of carbonyl (C=O) groups excluding carboxylic acids is 4. The van der Waals surface area contributed by atoms with E-state index in [9.17, 15) is 19.2 Å². The van der Waals surface area contributed by atoms with Crippen molar-refractivity contribution >= 4 is 81.0 Å². The number of β-lactam (4-membered cyclic amide) rings is 1. The van der Waals surface area contributed by atoms with Gasteiger partial charge in [0, 0.05) is 23.3 Å². The minimum Gasteiger partial charge on any atom is -0.428 e. The van der Waals surface area contributed by atoms with Crippen LogP contribution in [-0.2, 0) is 33.5 Å². The van der Waals surface area contributed by atoms with Gasteiger partial charge >= 0.3 is 11.9 Å². The zero-order chi connectivity index (χ0) is 35.0. The molecule has 18 heteroatoms. The Labute approximate surface area is 302 Å². The summed E-state index contributed by atoms with van der Waals surface area (Å²) in [4.78, 5) is 62.5. The van der Waals surface area contributed by atoms with Crippen molar-refractivity contribution in [2.45, 2.75) is 99.6 Å². The molecular formula is C31H43N7O7S4. The van der Waals surface area contributed by atoms with Crippen molar-refractivity contribution < 1.29 is 33.5 Å². The molecular weight excluding hydrogens is 711 g/mol. The highest BCUT2D eigenvalue weighted by Gasteiger charge is 2.54. The lowest BCUT2D eigenvalue weighted by atomic mass is 10.0. The van der Waals surface area contributed by atoms with Crippen LogP contribution in [0, 0.1) is 0 Å². The number of thioether (sulfide) groups is 2. The van der Waals surface area contributed by atoms with Crippen molar-refractivity contribution in [2.24, 2.45) is 5.16 Å². The van der Waals surface area contributed by atoms with Gasteiger partial charge in [-0.2, -0.15) is 0 Å². The van der Waals surface area contributed by atoms with E-state index in [1.54, 1.807) is 11.6 Å². The summed E-state index contributed by atoms with van der Waals surface area (Å²) in [6.45, 7) is 1.66. The summed E-state index contributed by atoms with van der Waals surface area (Å²) < 4.78 is 15.3. The molecule has 1 fully saturated rings. The van der Waals surface area contributed by atoms with Gasteiger partial charge in [-0.05, 0) is 23.5 Å². The number of carbonyl (C=O) groups is 4. The van der Waals surface area contributed by atoms with Crippen LogP contribution in [0.5, 0.6) is 0 Å². The maximum Gasteiger partial charge on any atom is 0.357 e. The van der Waals surface area contributed by atoms with Crippen LogP contribution in [0.15, 0.2) is 32.2 Å². The number of esters is 2. The lowest BCUT2D eigenvalue weighted by Crippen LogP contribution is -2.71. The number of nitrogens with zero attached hydrogens (tertiary/aromatic N) is 5. The van der Waals surface area contributed by atoms with Crippen molar-refractivity contribution in [1.82, 2.24) is 24.8 Å². The number of rotatable bonds is 22. The Morgan fingerprint density at radius 3 is 2.43 bits per heavy atom. The van der Waals surface area contributed by atoms with Gasteiger partial charge in [-0.15, -0.1) is 40.0 Å². The minimum absolute atomic E-state index is 0.0729. The van der Waals surface area contributed by atoms with E-state index >= 15 is 0 Å². The largest absolute Gasteiger partial charge is 0.428 e. The van der Waals surface area contributed by atoms with Gasteiger partial charge < -0.3 is 25.4 Å². The lowest BCUT2D eigenvalue weighted by Gasteiger charge is -2.49. The number of anilines is 1. The van der Waals surface area contributed by atoms with E-state index in [2.05, 4.69) is 32.0 Å². The normalized spacial score (nSPS) is 17.4. The summed E-state index contributed by atoms with van der Waals surface area (Å²) >= 11 is 5.18. The second kappa shape index (κ2) is 20.5. The van der Waals surface area contributed by atoms with Crippen LogP contribution in [0.1, 0.15) is 89.7 Å². The molecule has 268 valence electrons. The minimum atomic E-state index is -0.943. The zero-order valence-electron chi connectivity index (χ0n) is 27.7. The summed E-state index contributed by atoms with van der Waals surface area (Å²) in [5.41, 5.74) is 6.52. The number of amides is 2. The standard InChI is InChI=1S/C31H43N7O7S4/c1-3-4-5-6-7-8-9-10-11-12-13-14-22(39)44-19-45-30(42)26-20(16-46-23-15-33-37-49-23)17-47-29-25(28(41)38(26)29)35-27(40)24(36-43-2)21-18-48-31(32)34-21/h15,18,25,29H,3-14,16-17,19H2,1-2H3,(H2,32,34)(H,35,40)/b36-24-/t25-,29+/m1/s1. The number of unbranched alkanes of at least 4 members (excludes halogenated alkanes) is 10. The monoisotopic (exact) mass is 753 g/mol. The number of hydrogen-bond acceptors (Lipinski definition) is 16. The molecule has 49 heavy (non-hydrogen) atoms. The Kier molecular flexibility index (Phi) is 16.1. The molecule has 4 rings (SSSR count). The van der Waals surface area contributed by atoms with Gasteiger partial charge in [-0.3, -0.25) is 19.3 Å². The number of aromatic nitrogens is 3. The number of nitrogen functional groups attached to an aromatic ring is 1. The van der Waals surface area contributed by atoms with E-state index in [1.807, 2.05) is 0 Å². The average molecular weight is 754 g/mol. The lowest BCUT2D eigenvalue weighted by molar-refractivity contribution is -0.168. The molecule has 2 aromatic rings. The highest BCUT2D eigenvalue weighted by atomic mass is 32.2. The number of oxime groups is 1. The predicted molar refractivity (Wildman–Crippen MR) is 191 cm³/mol. The summed E-state index contributed by atoms with van der Waals surface area (Å²) in [7, 11) is 1.29. The van der Waals surface area contributed by atoms with E-state index < -0.39 is 42.0 Å². The Balaban J connectivity index is 1.28. The van der Waals surface area contributed by atoms with Crippen molar-refractivity contribution in [3.05, 3.63) is 28.5 Å². The van der Waals surface area contributed by atoms with Crippen molar-refractivity contribution in [3.8, 4) is 0 Å². The zero-order valence-corrected chi connectivity index (χ0v) is 31.0. The van der Waals surface area contributed by atoms with Crippen molar-refractivity contribution in [1.29, 1.82) is 0 Å². The Bertz CT molecular complexity index is 1470. The maximum atomic E-state index is 13.5. The Morgan fingerprint density at radius 1 is 1.08 bits per heavy atom. The fraction of sp³-hybridized carbons (Fsp3) is 0.613. The fourth-order valence-electron chi connectivity index (χ4n) is 5.29. The van der Waals surface area contributed by atoms with Gasteiger partial charge in [-0.1, -0.05) is 80.8 Å². The fourth-order valence-corrected chi connectivity index (χ4v) is 8.74. The van der Waals surface area contributed by atoms with Crippen LogP contribution in [0.2, 0.25) is 0 Å². The van der Waals surface area contributed by atoms with Gasteiger partial charge in [0.05, 0.1) is 6.20 Å². The molecule has 2 aliphatic heterocycles. The van der Waals surface area contributed by atoms with Crippen LogP contribution >= 0.6 is 46.4 Å². The molecule has 2 aromatic heterocycles. The molecule has 0 spiro atoms. The molecule has 4 heterocycles. The molecule has 1 saturated heterocycles. The molecule has 2 aliphatic rings. The molecule has 14 nitrogen and oxygen atoms in total. The smallest absolute Gasteiger partial charge is 0.357 e. The highest BCUT2D eigenvalue weighted by Crippen LogP contribution is 2.42. The first kappa shape index (κ1) is 38.6. The third-order valence-electron chi connectivity index (χ3n) is 7.81. The van der Waals surface area contributed by atoms with Gasteiger partial charge in [0.2, 0.25) is 6.79 Å². The molecule has 0 saturated carbocycles. The van der Waals surface area contributed by atoms with Crippen LogP contribution < -0.4 is 11.1 Å². The first-order chi connectivity index (χ1) is 23.8. The second-order valence-corrected chi connectivity index (χ2v) is 15.4. The van der Waals surface area contributed by atoms with Crippen LogP contribution in [0.3, 0.4) is 0 Å².